The predicted octanol–water partition coefficient (Wildman–Crippen LogP) is 4.94. The lowest BCUT2D eigenvalue weighted by Crippen LogP contribution is -1.99. The first-order chi connectivity index (χ1) is 11.6. The van der Waals surface area contributed by atoms with E-state index in [1.165, 1.54) is 11.8 Å². The van der Waals surface area contributed by atoms with Crippen LogP contribution in [0.1, 0.15) is 17.1 Å². The molecule has 0 aliphatic carbocycles. The third-order valence-corrected chi connectivity index (χ3v) is 4.15. The average molecular weight is 359 g/mol. The third kappa shape index (κ3) is 4.59. The first-order valence-electron chi connectivity index (χ1n) is 7.23. The fraction of sp³-hybridized carbons (Fsp3) is 0.118. The van der Waals surface area contributed by atoms with Gasteiger partial charge in [0.05, 0.1) is 6.21 Å². The number of nitrogens with one attached hydrogen (secondary N) is 1. The summed E-state index contributed by atoms with van der Waals surface area (Å²) in [4.78, 5) is 9.56. The van der Waals surface area contributed by atoms with E-state index in [4.69, 9.17) is 16.0 Å². The number of hydrazone groups is 1. The fourth-order valence-corrected chi connectivity index (χ4v) is 2.91. The number of aromatic nitrogens is 2. The monoisotopic (exact) mass is 358 g/mol. The second kappa shape index (κ2) is 7.51. The third-order valence-electron chi connectivity index (χ3n) is 2.97. The molecule has 122 valence electrons. The van der Waals surface area contributed by atoms with Crippen molar-refractivity contribution >= 4 is 35.5 Å². The molecule has 0 saturated carbocycles. The molecule has 5 nitrogen and oxygen atoms in total. The summed E-state index contributed by atoms with van der Waals surface area (Å²) >= 11 is 7.40. The Kier molecular flexibility index (Phi) is 5.17. The number of benzene rings is 1. The molecule has 0 spiro atoms. The molecule has 3 rings (SSSR count). The quantitative estimate of drug-likeness (QED) is 0.517. The van der Waals surface area contributed by atoms with Crippen LogP contribution in [0.4, 0.5) is 5.95 Å². The van der Waals surface area contributed by atoms with E-state index in [1.54, 1.807) is 6.21 Å². The van der Waals surface area contributed by atoms with Crippen LogP contribution in [0.25, 0.3) is 0 Å². The molecule has 2 heterocycles. The van der Waals surface area contributed by atoms with Gasteiger partial charge < -0.3 is 4.42 Å². The van der Waals surface area contributed by atoms with E-state index >= 15 is 0 Å². The fourth-order valence-electron chi connectivity index (χ4n) is 2.01. The number of furan rings is 1. The number of anilines is 1. The van der Waals surface area contributed by atoms with Crippen LogP contribution in [0.5, 0.6) is 0 Å². The number of halogens is 1. The maximum Gasteiger partial charge on any atom is 0.243 e. The van der Waals surface area contributed by atoms with Gasteiger partial charge in [-0.1, -0.05) is 23.4 Å². The summed E-state index contributed by atoms with van der Waals surface area (Å²) in [5, 5.41) is 5.60. The van der Waals surface area contributed by atoms with Crippen LogP contribution in [0.2, 0.25) is 5.02 Å². The smallest absolute Gasteiger partial charge is 0.243 e. The van der Waals surface area contributed by atoms with Gasteiger partial charge >= 0.3 is 0 Å². The Morgan fingerprint density at radius 3 is 2.50 bits per heavy atom. The Hall–Kier alpha value is -2.31. The molecule has 1 aromatic carbocycles. The molecule has 0 radical (unpaired) electrons. The molecule has 0 bridgehead atoms. The SMILES string of the molecule is Cc1cc(C)nc(N/N=C/c2ccc(Sc3ccc(Cl)cc3)o2)n1. The van der Waals surface area contributed by atoms with Crippen molar-refractivity contribution in [3.8, 4) is 0 Å². The molecule has 24 heavy (non-hydrogen) atoms. The predicted molar refractivity (Wildman–Crippen MR) is 97.0 cm³/mol. The zero-order valence-electron chi connectivity index (χ0n) is 13.2. The Balaban J connectivity index is 1.62. The van der Waals surface area contributed by atoms with E-state index in [1.807, 2.05) is 56.3 Å². The molecule has 1 N–H and O–H groups in total. The van der Waals surface area contributed by atoms with E-state index in [-0.39, 0.29) is 0 Å². The van der Waals surface area contributed by atoms with Gasteiger partial charge in [0.25, 0.3) is 0 Å². The maximum absolute atomic E-state index is 5.88. The molecule has 0 aliphatic heterocycles. The van der Waals surface area contributed by atoms with Gasteiger partial charge in [0.2, 0.25) is 5.95 Å². The minimum atomic E-state index is 0.464. The number of hydrogen-bond acceptors (Lipinski definition) is 6. The summed E-state index contributed by atoms with van der Waals surface area (Å²) in [6, 6.07) is 13.2. The van der Waals surface area contributed by atoms with Crippen molar-refractivity contribution in [1.29, 1.82) is 0 Å². The van der Waals surface area contributed by atoms with Crippen molar-refractivity contribution in [2.45, 2.75) is 23.8 Å². The van der Waals surface area contributed by atoms with E-state index in [0.29, 0.717) is 16.7 Å². The number of rotatable bonds is 5. The average Bonchev–Trinajstić information content (AvgIpc) is 2.96. The molecule has 0 saturated heterocycles. The van der Waals surface area contributed by atoms with E-state index in [2.05, 4.69) is 20.5 Å². The van der Waals surface area contributed by atoms with Gasteiger partial charge in [0, 0.05) is 21.3 Å². The zero-order valence-corrected chi connectivity index (χ0v) is 14.7. The van der Waals surface area contributed by atoms with E-state index in [9.17, 15) is 0 Å². The van der Waals surface area contributed by atoms with Crippen LogP contribution in [-0.4, -0.2) is 16.2 Å². The highest BCUT2D eigenvalue weighted by atomic mass is 35.5. The maximum atomic E-state index is 5.88. The molecule has 0 atom stereocenters. The molecule has 3 aromatic rings. The first-order valence-corrected chi connectivity index (χ1v) is 8.42. The molecule has 2 aromatic heterocycles. The highest BCUT2D eigenvalue weighted by Crippen LogP contribution is 2.29. The Morgan fingerprint density at radius 1 is 1.08 bits per heavy atom. The number of hydrogen-bond donors (Lipinski definition) is 1. The normalized spacial score (nSPS) is 11.1. The van der Waals surface area contributed by atoms with Gasteiger partial charge in [-0.2, -0.15) is 5.10 Å². The second-order valence-corrected chi connectivity index (χ2v) is 6.57. The van der Waals surface area contributed by atoms with Gasteiger partial charge in [-0.15, -0.1) is 0 Å². The standard InChI is InChI=1S/C17H15ClN4OS/c1-11-9-12(2)21-17(20-11)22-19-10-14-5-8-16(23-14)24-15-6-3-13(18)4-7-15/h3-10H,1-2H3,(H,20,21,22)/b19-10+. The molecule has 0 fully saturated rings. The van der Waals surface area contributed by atoms with Gasteiger partial charge in [-0.3, -0.25) is 0 Å². The van der Waals surface area contributed by atoms with E-state index < -0.39 is 0 Å². The minimum absolute atomic E-state index is 0.464. The van der Waals surface area contributed by atoms with Crippen LogP contribution in [0, 0.1) is 13.8 Å². The summed E-state index contributed by atoms with van der Waals surface area (Å²) in [5.74, 6) is 1.11. The summed E-state index contributed by atoms with van der Waals surface area (Å²) in [5.41, 5.74) is 4.58. The van der Waals surface area contributed by atoms with Gasteiger partial charge in [0.1, 0.15) is 5.76 Å². The summed E-state index contributed by atoms with van der Waals surface area (Å²) < 4.78 is 5.70. The lowest BCUT2D eigenvalue weighted by atomic mass is 10.4. The van der Waals surface area contributed by atoms with E-state index in [0.717, 1.165) is 21.4 Å². The number of nitrogens with zero attached hydrogens (tertiary/aromatic N) is 3. The second-order valence-electron chi connectivity index (χ2n) is 5.06. The van der Waals surface area contributed by atoms with Gasteiger partial charge in [-0.05, 0) is 56.3 Å². The van der Waals surface area contributed by atoms with Crippen molar-refractivity contribution < 1.29 is 4.42 Å². The molecule has 0 amide bonds. The molecule has 0 aliphatic rings. The van der Waals surface area contributed by atoms with Crippen LogP contribution >= 0.6 is 23.4 Å². The highest BCUT2D eigenvalue weighted by Gasteiger charge is 2.03. The van der Waals surface area contributed by atoms with Crippen molar-refractivity contribution in [1.82, 2.24) is 9.97 Å². The largest absolute Gasteiger partial charge is 0.448 e. The first kappa shape index (κ1) is 16.5. The summed E-state index contributed by atoms with van der Waals surface area (Å²) in [6.45, 7) is 3.83. The summed E-state index contributed by atoms with van der Waals surface area (Å²) in [6.07, 6.45) is 1.59. The van der Waals surface area contributed by atoms with Gasteiger partial charge in [0.15, 0.2) is 5.09 Å². The molecule has 7 heteroatoms. The minimum Gasteiger partial charge on any atom is -0.448 e. The van der Waals surface area contributed by atoms with Crippen molar-refractivity contribution in [2.75, 3.05) is 5.43 Å². The van der Waals surface area contributed by atoms with Crippen molar-refractivity contribution in [2.24, 2.45) is 5.10 Å². The van der Waals surface area contributed by atoms with Crippen molar-refractivity contribution in [3.05, 3.63) is 64.6 Å². The summed E-state index contributed by atoms with van der Waals surface area (Å²) in [7, 11) is 0. The topological polar surface area (TPSA) is 63.3 Å². The van der Waals surface area contributed by atoms with Crippen LogP contribution in [-0.2, 0) is 0 Å². The molecular weight excluding hydrogens is 344 g/mol. The lowest BCUT2D eigenvalue weighted by molar-refractivity contribution is 0.469. The Morgan fingerprint density at radius 2 is 1.79 bits per heavy atom. The van der Waals surface area contributed by atoms with Gasteiger partial charge in [-0.25, -0.2) is 15.4 Å². The zero-order chi connectivity index (χ0) is 16.9. The number of aryl methyl sites for hydroxylation is 2. The Bertz CT molecular complexity index is 841. The highest BCUT2D eigenvalue weighted by molar-refractivity contribution is 7.99. The van der Waals surface area contributed by atoms with Crippen LogP contribution < -0.4 is 5.43 Å². The van der Waals surface area contributed by atoms with Crippen LogP contribution in [0.3, 0.4) is 0 Å². The van der Waals surface area contributed by atoms with Crippen LogP contribution in [0.15, 0.2) is 62.0 Å². The lowest BCUT2D eigenvalue weighted by Gasteiger charge is -2.00. The Labute approximate surface area is 149 Å². The molecule has 0 unspecified atom stereocenters. The van der Waals surface area contributed by atoms with Crippen molar-refractivity contribution in [3.63, 3.8) is 0 Å². The molecular formula is C17H15ClN4OS.